The molecule has 122 valence electrons. The molecule has 1 heterocycles. The van der Waals surface area contributed by atoms with E-state index in [4.69, 9.17) is 0 Å². The number of hydrogen-bond donors (Lipinski definition) is 1. The number of nitrogens with zero attached hydrogens (tertiary/aromatic N) is 4. The summed E-state index contributed by atoms with van der Waals surface area (Å²) in [5, 5.41) is 21.5. The monoisotopic (exact) mass is 339 g/mol. The summed E-state index contributed by atoms with van der Waals surface area (Å²) in [6.45, 7) is 3.93. The number of nitro benzene ring substituents is 1. The molecule has 0 saturated carbocycles. The van der Waals surface area contributed by atoms with Crippen LogP contribution >= 0.6 is 11.8 Å². The molecule has 1 aromatic heterocycles. The molecular weight excluding hydrogens is 325 g/mol. The highest BCUT2D eigenvalue weighted by Gasteiger charge is 2.16. The number of amides is 1. The number of halogens is 1. The molecule has 0 spiro atoms. The summed E-state index contributed by atoms with van der Waals surface area (Å²) in [6.07, 6.45) is 1.58. The molecule has 1 aromatic carbocycles. The van der Waals surface area contributed by atoms with Crippen molar-refractivity contribution in [2.45, 2.75) is 25.0 Å². The number of thioether (sulfide) groups is 1. The van der Waals surface area contributed by atoms with Crippen LogP contribution in [-0.2, 0) is 4.79 Å². The molecule has 0 aliphatic carbocycles. The average Bonchev–Trinajstić information content (AvgIpc) is 2.95. The summed E-state index contributed by atoms with van der Waals surface area (Å²) in [5.41, 5.74) is -0.524. The second-order valence-electron chi connectivity index (χ2n) is 4.87. The topological polar surface area (TPSA) is 103 Å². The number of benzene rings is 1. The minimum Gasteiger partial charge on any atom is -0.325 e. The zero-order valence-corrected chi connectivity index (χ0v) is 13.2. The molecule has 1 N–H and O–H groups in total. The summed E-state index contributed by atoms with van der Waals surface area (Å²) in [4.78, 5) is 21.7. The normalized spacial score (nSPS) is 10.8. The fourth-order valence-corrected chi connectivity index (χ4v) is 2.59. The van der Waals surface area contributed by atoms with Crippen molar-refractivity contribution in [3.63, 3.8) is 0 Å². The van der Waals surface area contributed by atoms with Crippen LogP contribution in [0.1, 0.15) is 19.9 Å². The van der Waals surface area contributed by atoms with E-state index in [1.54, 1.807) is 6.33 Å². The Morgan fingerprint density at radius 3 is 2.91 bits per heavy atom. The van der Waals surface area contributed by atoms with Gasteiger partial charge in [-0.05, 0) is 26.0 Å². The van der Waals surface area contributed by atoms with Crippen LogP contribution < -0.4 is 5.32 Å². The predicted octanol–water partition coefficient (Wildman–Crippen LogP) is 2.64. The van der Waals surface area contributed by atoms with Gasteiger partial charge in [-0.25, -0.2) is 0 Å². The summed E-state index contributed by atoms with van der Waals surface area (Å²) >= 11 is 1.19. The second kappa shape index (κ2) is 7.18. The Labute approximate surface area is 135 Å². The highest BCUT2D eigenvalue weighted by molar-refractivity contribution is 7.99. The number of aromatic nitrogens is 3. The zero-order valence-electron chi connectivity index (χ0n) is 12.4. The third-order valence-corrected chi connectivity index (χ3v) is 3.81. The van der Waals surface area contributed by atoms with Crippen molar-refractivity contribution in [1.29, 1.82) is 0 Å². The molecule has 0 aliphatic rings. The van der Waals surface area contributed by atoms with E-state index in [0.717, 1.165) is 12.1 Å². The minimum atomic E-state index is -0.951. The molecule has 0 bridgehead atoms. The van der Waals surface area contributed by atoms with E-state index in [-0.39, 0.29) is 23.4 Å². The summed E-state index contributed by atoms with van der Waals surface area (Å²) in [7, 11) is 0. The summed E-state index contributed by atoms with van der Waals surface area (Å²) < 4.78 is 15.1. The van der Waals surface area contributed by atoms with Crippen LogP contribution in [0.15, 0.2) is 29.7 Å². The maximum absolute atomic E-state index is 13.2. The maximum atomic E-state index is 13.2. The Kier molecular flexibility index (Phi) is 5.27. The zero-order chi connectivity index (χ0) is 17.0. The van der Waals surface area contributed by atoms with Crippen LogP contribution in [0.5, 0.6) is 0 Å². The van der Waals surface area contributed by atoms with Gasteiger partial charge in [0.1, 0.15) is 6.33 Å². The van der Waals surface area contributed by atoms with E-state index in [1.807, 2.05) is 18.4 Å². The number of rotatable bonds is 6. The van der Waals surface area contributed by atoms with Gasteiger partial charge in [-0.1, -0.05) is 11.8 Å². The first-order valence-corrected chi connectivity index (χ1v) is 7.63. The molecular formula is C13H14FN5O3S. The van der Waals surface area contributed by atoms with Crippen molar-refractivity contribution in [2.75, 3.05) is 11.1 Å². The first-order valence-electron chi connectivity index (χ1n) is 6.64. The second-order valence-corrected chi connectivity index (χ2v) is 5.82. The number of carbonyl (C=O) groups excluding carboxylic acids is 1. The van der Waals surface area contributed by atoms with Crippen LogP contribution in [0.2, 0.25) is 0 Å². The van der Waals surface area contributed by atoms with E-state index in [1.165, 1.54) is 17.8 Å². The lowest BCUT2D eigenvalue weighted by atomic mass is 10.2. The molecule has 2 aromatic rings. The van der Waals surface area contributed by atoms with Crippen LogP contribution in [-0.4, -0.2) is 31.3 Å². The van der Waals surface area contributed by atoms with Crippen LogP contribution in [0.3, 0.4) is 0 Å². The molecule has 0 fully saturated rings. The molecule has 23 heavy (non-hydrogen) atoms. The Balaban J connectivity index is 1.99. The van der Waals surface area contributed by atoms with Crippen LogP contribution in [0.4, 0.5) is 15.8 Å². The molecule has 0 atom stereocenters. The predicted molar refractivity (Wildman–Crippen MR) is 82.8 cm³/mol. The third kappa shape index (κ3) is 4.25. The first kappa shape index (κ1) is 16.9. The molecule has 8 nitrogen and oxygen atoms in total. The van der Waals surface area contributed by atoms with E-state index < -0.39 is 16.4 Å². The fraction of sp³-hybridized carbons (Fsp3) is 0.308. The van der Waals surface area contributed by atoms with Gasteiger partial charge in [-0.2, -0.15) is 4.39 Å². The highest BCUT2D eigenvalue weighted by atomic mass is 32.2. The van der Waals surface area contributed by atoms with Gasteiger partial charge in [0, 0.05) is 17.8 Å². The SMILES string of the molecule is CC(C)n1cnnc1SCC(=O)Nc1ccc(F)c([N+](=O)[O-])c1. The lowest BCUT2D eigenvalue weighted by Crippen LogP contribution is -2.15. The Bertz CT molecular complexity index is 734. The number of anilines is 1. The Hall–Kier alpha value is -2.49. The van der Waals surface area contributed by atoms with Crippen molar-refractivity contribution >= 4 is 29.0 Å². The standard InChI is InChI=1S/C13H14FN5O3S/c1-8(2)18-7-15-17-13(18)23-6-12(20)16-9-3-4-10(14)11(5-9)19(21)22/h3-5,7-8H,6H2,1-2H3,(H,16,20). The number of nitro groups is 1. The number of carbonyl (C=O) groups is 1. The van der Waals surface area contributed by atoms with Crippen molar-refractivity contribution in [3.8, 4) is 0 Å². The van der Waals surface area contributed by atoms with E-state index in [2.05, 4.69) is 15.5 Å². The smallest absolute Gasteiger partial charge is 0.306 e. The van der Waals surface area contributed by atoms with Crippen molar-refractivity contribution in [2.24, 2.45) is 0 Å². The first-order chi connectivity index (χ1) is 10.9. The largest absolute Gasteiger partial charge is 0.325 e. The lowest BCUT2D eigenvalue weighted by Gasteiger charge is -2.09. The van der Waals surface area contributed by atoms with Gasteiger partial charge >= 0.3 is 5.69 Å². The Morgan fingerprint density at radius 1 is 1.52 bits per heavy atom. The van der Waals surface area contributed by atoms with Gasteiger partial charge in [0.05, 0.1) is 10.7 Å². The van der Waals surface area contributed by atoms with Gasteiger partial charge in [0.25, 0.3) is 0 Å². The van der Waals surface area contributed by atoms with E-state index in [9.17, 15) is 19.3 Å². The minimum absolute atomic E-state index is 0.0522. The van der Waals surface area contributed by atoms with E-state index >= 15 is 0 Å². The Morgan fingerprint density at radius 2 is 2.26 bits per heavy atom. The molecule has 0 saturated heterocycles. The maximum Gasteiger partial charge on any atom is 0.306 e. The van der Waals surface area contributed by atoms with Gasteiger partial charge in [0.2, 0.25) is 11.7 Å². The molecule has 2 rings (SSSR count). The van der Waals surface area contributed by atoms with Gasteiger partial charge in [-0.15, -0.1) is 10.2 Å². The number of hydrogen-bond acceptors (Lipinski definition) is 6. The molecule has 0 aliphatic heterocycles. The van der Waals surface area contributed by atoms with E-state index in [0.29, 0.717) is 5.16 Å². The molecule has 0 unspecified atom stereocenters. The van der Waals surface area contributed by atoms with Crippen LogP contribution in [0.25, 0.3) is 0 Å². The molecule has 1 amide bonds. The third-order valence-electron chi connectivity index (χ3n) is 2.86. The van der Waals surface area contributed by atoms with Crippen LogP contribution in [0, 0.1) is 15.9 Å². The van der Waals surface area contributed by atoms with Crippen molar-refractivity contribution < 1.29 is 14.1 Å². The van der Waals surface area contributed by atoms with Gasteiger partial charge in [0.15, 0.2) is 5.16 Å². The lowest BCUT2D eigenvalue weighted by molar-refractivity contribution is -0.387. The quantitative estimate of drug-likeness (QED) is 0.493. The van der Waals surface area contributed by atoms with Gasteiger partial charge < -0.3 is 9.88 Å². The van der Waals surface area contributed by atoms with Crippen molar-refractivity contribution in [1.82, 2.24) is 14.8 Å². The average molecular weight is 339 g/mol. The highest BCUT2D eigenvalue weighted by Crippen LogP contribution is 2.23. The number of nitrogens with one attached hydrogen (secondary N) is 1. The van der Waals surface area contributed by atoms with Crippen molar-refractivity contribution in [3.05, 3.63) is 40.5 Å². The molecule has 10 heteroatoms. The molecule has 0 radical (unpaired) electrons. The van der Waals surface area contributed by atoms with Gasteiger partial charge in [-0.3, -0.25) is 14.9 Å². The summed E-state index contributed by atoms with van der Waals surface area (Å²) in [5.74, 6) is -1.28. The summed E-state index contributed by atoms with van der Waals surface area (Å²) in [6, 6.07) is 3.35. The fourth-order valence-electron chi connectivity index (χ4n) is 1.75.